The zero-order valence-electron chi connectivity index (χ0n) is 11.9. The van der Waals surface area contributed by atoms with Crippen LogP contribution in [0.4, 0.5) is 0 Å². The molecule has 0 aromatic heterocycles. The summed E-state index contributed by atoms with van der Waals surface area (Å²) >= 11 is 0. The minimum absolute atomic E-state index is 0.148. The number of hydrogen-bond donors (Lipinski definition) is 0. The molecule has 2 rings (SSSR count). The first kappa shape index (κ1) is 13.4. The molecule has 0 amide bonds. The van der Waals surface area contributed by atoms with E-state index in [1.165, 1.54) is 31.4 Å². The Labute approximate surface area is 111 Å². The van der Waals surface area contributed by atoms with E-state index in [2.05, 4.69) is 27.1 Å². The molecule has 100 valence electrons. The summed E-state index contributed by atoms with van der Waals surface area (Å²) in [6.45, 7) is 4.66. The fourth-order valence-electron chi connectivity index (χ4n) is 3.53. The van der Waals surface area contributed by atoms with Gasteiger partial charge in [0, 0.05) is 5.41 Å². The molecule has 1 fully saturated rings. The van der Waals surface area contributed by atoms with Crippen LogP contribution in [0.2, 0.25) is 0 Å². The van der Waals surface area contributed by atoms with Gasteiger partial charge in [-0.25, -0.2) is 0 Å². The molecule has 2 nitrogen and oxygen atoms in total. The molecule has 1 aliphatic rings. The Morgan fingerprint density at radius 2 is 2.06 bits per heavy atom. The summed E-state index contributed by atoms with van der Waals surface area (Å²) < 4.78 is 1.07. The van der Waals surface area contributed by atoms with Crippen molar-refractivity contribution in [2.45, 2.75) is 38.0 Å². The Kier molecular flexibility index (Phi) is 3.67. The molecule has 18 heavy (non-hydrogen) atoms. The van der Waals surface area contributed by atoms with E-state index in [-0.39, 0.29) is 11.2 Å². The normalized spacial score (nSPS) is 27.7. The van der Waals surface area contributed by atoms with Crippen LogP contribution < -0.4 is 5.11 Å². The van der Waals surface area contributed by atoms with E-state index >= 15 is 0 Å². The van der Waals surface area contributed by atoms with Gasteiger partial charge < -0.3 is 9.59 Å². The van der Waals surface area contributed by atoms with Crippen LogP contribution in [0.3, 0.4) is 0 Å². The highest BCUT2D eigenvalue weighted by Gasteiger charge is 2.38. The quantitative estimate of drug-likeness (QED) is 0.737. The highest BCUT2D eigenvalue weighted by Crippen LogP contribution is 2.38. The number of quaternary nitrogens is 1. The summed E-state index contributed by atoms with van der Waals surface area (Å²) in [6, 6.07) is 7.58. The average Bonchev–Trinajstić information content (AvgIpc) is 2.48. The van der Waals surface area contributed by atoms with E-state index in [0.29, 0.717) is 0 Å². The second-order valence-corrected chi connectivity index (χ2v) is 6.44. The monoisotopic (exact) mass is 247 g/mol. The van der Waals surface area contributed by atoms with Crippen LogP contribution in [0.15, 0.2) is 24.3 Å². The molecule has 1 atom stereocenters. The molecule has 1 aromatic carbocycles. The molecule has 0 N–H and O–H groups in total. The summed E-state index contributed by atoms with van der Waals surface area (Å²) in [6.07, 6.45) is 4.91. The molecule has 0 saturated carbocycles. The highest BCUT2D eigenvalue weighted by atomic mass is 16.3. The summed E-state index contributed by atoms with van der Waals surface area (Å²) in [5.74, 6) is 0.148. The van der Waals surface area contributed by atoms with Gasteiger partial charge in [-0.2, -0.15) is 0 Å². The van der Waals surface area contributed by atoms with Crippen LogP contribution in [0.5, 0.6) is 5.75 Å². The summed E-state index contributed by atoms with van der Waals surface area (Å²) in [4.78, 5) is 0. The number of nitrogens with zero attached hydrogens (tertiary/aromatic N) is 1. The lowest BCUT2D eigenvalue weighted by molar-refractivity contribution is -0.893. The fourth-order valence-corrected chi connectivity index (χ4v) is 3.53. The maximum Gasteiger partial charge on any atom is 0.0880 e. The summed E-state index contributed by atoms with van der Waals surface area (Å²) in [5.41, 5.74) is 1.45. The Morgan fingerprint density at radius 3 is 2.72 bits per heavy atom. The van der Waals surface area contributed by atoms with Crippen molar-refractivity contribution in [3.63, 3.8) is 0 Å². The third-order valence-corrected chi connectivity index (χ3v) is 4.52. The standard InChI is InChI=1S/C16H25NO/c1-4-16(14-8-7-9-15(18)12-14)10-5-6-11-17(2,3)13-16/h7-9,12H,4-6,10-11,13H2,1-3H3. The molecule has 1 unspecified atom stereocenters. The molecule has 1 saturated heterocycles. The van der Waals surface area contributed by atoms with Crippen LogP contribution in [-0.2, 0) is 5.41 Å². The maximum absolute atomic E-state index is 11.6. The maximum atomic E-state index is 11.6. The predicted octanol–water partition coefficient (Wildman–Crippen LogP) is 2.67. The van der Waals surface area contributed by atoms with Crippen molar-refractivity contribution in [3.05, 3.63) is 29.8 Å². The van der Waals surface area contributed by atoms with E-state index in [0.717, 1.165) is 17.4 Å². The highest BCUT2D eigenvalue weighted by molar-refractivity contribution is 5.32. The largest absolute Gasteiger partial charge is 0.872 e. The topological polar surface area (TPSA) is 23.1 Å². The van der Waals surface area contributed by atoms with Gasteiger partial charge in [-0.15, -0.1) is 5.75 Å². The molecule has 1 aromatic rings. The molecule has 1 heterocycles. The zero-order valence-corrected chi connectivity index (χ0v) is 11.9. The van der Waals surface area contributed by atoms with Gasteiger partial charge in [0.15, 0.2) is 0 Å². The van der Waals surface area contributed by atoms with Gasteiger partial charge in [0.05, 0.1) is 27.2 Å². The van der Waals surface area contributed by atoms with Crippen LogP contribution in [-0.4, -0.2) is 31.7 Å². The Morgan fingerprint density at radius 1 is 1.28 bits per heavy atom. The number of rotatable bonds is 2. The number of likely N-dealkylation sites (N-methyl/N-ethyl adjacent to an activating group) is 1. The fraction of sp³-hybridized carbons (Fsp3) is 0.625. The molecule has 2 heteroatoms. The second kappa shape index (κ2) is 4.93. The average molecular weight is 247 g/mol. The molecule has 0 radical (unpaired) electrons. The van der Waals surface area contributed by atoms with Gasteiger partial charge in [0.2, 0.25) is 0 Å². The van der Waals surface area contributed by atoms with Gasteiger partial charge in [-0.1, -0.05) is 31.2 Å². The molecular weight excluding hydrogens is 222 g/mol. The van der Waals surface area contributed by atoms with Crippen LogP contribution >= 0.6 is 0 Å². The molecule has 1 aliphatic heterocycles. The van der Waals surface area contributed by atoms with Crippen molar-refractivity contribution in [2.75, 3.05) is 27.2 Å². The van der Waals surface area contributed by atoms with Crippen molar-refractivity contribution < 1.29 is 9.59 Å². The first-order valence-corrected chi connectivity index (χ1v) is 7.07. The van der Waals surface area contributed by atoms with E-state index in [4.69, 9.17) is 0 Å². The van der Waals surface area contributed by atoms with Crippen LogP contribution in [0.1, 0.15) is 38.2 Å². The van der Waals surface area contributed by atoms with E-state index in [1.54, 1.807) is 6.07 Å². The number of benzene rings is 1. The third-order valence-electron chi connectivity index (χ3n) is 4.52. The van der Waals surface area contributed by atoms with Gasteiger partial charge in [0.1, 0.15) is 0 Å². The number of likely N-dealkylation sites (tertiary alicyclic amines) is 1. The molecule has 0 spiro atoms. The van der Waals surface area contributed by atoms with Crippen LogP contribution in [0, 0.1) is 0 Å². The van der Waals surface area contributed by atoms with Gasteiger partial charge >= 0.3 is 0 Å². The summed E-state index contributed by atoms with van der Waals surface area (Å²) in [5, 5.41) is 11.6. The minimum Gasteiger partial charge on any atom is -0.872 e. The Balaban J connectivity index is 2.39. The van der Waals surface area contributed by atoms with Crippen molar-refractivity contribution in [1.29, 1.82) is 0 Å². The SMILES string of the molecule is CCC1(c2cccc([O-])c2)CCCC[N+](C)(C)C1. The molecule has 0 aliphatic carbocycles. The summed E-state index contributed by atoms with van der Waals surface area (Å²) in [7, 11) is 4.63. The second-order valence-electron chi connectivity index (χ2n) is 6.44. The smallest absolute Gasteiger partial charge is 0.0880 e. The lowest BCUT2D eigenvalue weighted by atomic mass is 9.74. The van der Waals surface area contributed by atoms with Crippen LogP contribution in [0.25, 0.3) is 0 Å². The van der Waals surface area contributed by atoms with Crippen molar-refractivity contribution in [2.24, 2.45) is 0 Å². The van der Waals surface area contributed by atoms with Gasteiger partial charge in [-0.05, 0) is 31.2 Å². The van der Waals surface area contributed by atoms with E-state index < -0.39 is 0 Å². The molecular formula is C16H25NO. The van der Waals surface area contributed by atoms with E-state index in [1.807, 2.05) is 12.1 Å². The van der Waals surface area contributed by atoms with Crippen molar-refractivity contribution in [3.8, 4) is 5.75 Å². The predicted molar refractivity (Wildman–Crippen MR) is 73.6 cm³/mol. The van der Waals surface area contributed by atoms with Gasteiger partial charge in [0.25, 0.3) is 0 Å². The molecule has 0 bridgehead atoms. The lowest BCUT2D eigenvalue weighted by Gasteiger charge is -2.39. The first-order valence-electron chi connectivity index (χ1n) is 7.07. The Bertz CT molecular complexity index is 413. The van der Waals surface area contributed by atoms with Crippen molar-refractivity contribution in [1.82, 2.24) is 0 Å². The Hall–Kier alpha value is -1.02. The minimum atomic E-state index is 0.148. The van der Waals surface area contributed by atoms with Crippen molar-refractivity contribution >= 4 is 0 Å². The van der Waals surface area contributed by atoms with Gasteiger partial charge in [-0.3, -0.25) is 0 Å². The van der Waals surface area contributed by atoms with E-state index in [9.17, 15) is 5.11 Å². The number of hydrogen-bond acceptors (Lipinski definition) is 1. The first-order chi connectivity index (χ1) is 8.47. The lowest BCUT2D eigenvalue weighted by Crippen LogP contribution is -2.48. The zero-order chi connectivity index (χ0) is 13.2. The third kappa shape index (κ3) is 2.69.